The third kappa shape index (κ3) is 5.55. The molecule has 9 heteroatoms. The maximum Gasteiger partial charge on any atom is 0.253 e. The fourth-order valence-corrected chi connectivity index (χ4v) is 8.13. The van der Waals surface area contributed by atoms with Gasteiger partial charge in [-0.3, -0.25) is 9.78 Å². The molecule has 1 atom stereocenters. The molecule has 0 bridgehead atoms. The SMILES string of the molecule is O=C(c1ccc2c(c1)[C@H](NS(=O)(=O)Cc1ccccc1Cl)CC2)N1CCC2(CCN(c3ccncc3)CC2)C1. The summed E-state index contributed by atoms with van der Waals surface area (Å²) in [5, 5.41) is 0.439. The third-order valence-corrected chi connectivity index (χ3v) is 10.4. The number of carbonyl (C=O) groups excluding carboxylic acids is 1. The van der Waals surface area contributed by atoms with E-state index in [1.165, 1.54) is 5.69 Å². The summed E-state index contributed by atoms with van der Waals surface area (Å²) in [7, 11) is -3.61. The molecule has 2 aromatic carbocycles. The molecule has 2 aliphatic heterocycles. The van der Waals surface area contributed by atoms with Gasteiger partial charge >= 0.3 is 0 Å². The van der Waals surface area contributed by atoms with Crippen molar-refractivity contribution in [3.05, 3.63) is 94.3 Å². The minimum Gasteiger partial charge on any atom is -0.371 e. The number of nitrogens with zero attached hydrogens (tertiary/aromatic N) is 3. The lowest BCUT2D eigenvalue weighted by Crippen LogP contribution is -2.42. The molecule has 204 valence electrons. The van der Waals surface area contributed by atoms with Gasteiger partial charge in [-0.1, -0.05) is 35.9 Å². The van der Waals surface area contributed by atoms with E-state index in [1.54, 1.807) is 24.3 Å². The van der Waals surface area contributed by atoms with Crippen molar-refractivity contribution in [2.24, 2.45) is 5.41 Å². The summed E-state index contributed by atoms with van der Waals surface area (Å²) in [6, 6.07) is 16.6. The van der Waals surface area contributed by atoms with Gasteiger partial charge in [0.25, 0.3) is 5.91 Å². The molecule has 3 aromatic rings. The van der Waals surface area contributed by atoms with Crippen LogP contribution < -0.4 is 9.62 Å². The molecule has 0 unspecified atom stereocenters. The Balaban J connectivity index is 1.11. The molecular formula is C30H33ClN4O3S. The number of anilines is 1. The van der Waals surface area contributed by atoms with Crippen molar-refractivity contribution in [1.29, 1.82) is 0 Å². The first-order chi connectivity index (χ1) is 18.8. The van der Waals surface area contributed by atoms with Crippen LogP contribution in [-0.2, 0) is 22.2 Å². The van der Waals surface area contributed by atoms with Crippen LogP contribution in [0.3, 0.4) is 0 Å². The zero-order valence-corrected chi connectivity index (χ0v) is 23.4. The van der Waals surface area contributed by atoms with Crippen molar-refractivity contribution in [3.8, 4) is 0 Å². The molecule has 2 saturated heterocycles. The van der Waals surface area contributed by atoms with Crippen LogP contribution in [0.5, 0.6) is 0 Å². The fraction of sp³-hybridized carbons (Fsp3) is 0.400. The highest BCUT2D eigenvalue weighted by Gasteiger charge is 2.42. The van der Waals surface area contributed by atoms with Gasteiger partial charge in [0.05, 0.1) is 5.75 Å². The van der Waals surface area contributed by atoms with Crippen LogP contribution >= 0.6 is 11.6 Å². The number of hydrogen-bond acceptors (Lipinski definition) is 5. The molecule has 1 aliphatic carbocycles. The van der Waals surface area contributed by atoms with Crippen LogP contribution in [0.2, 0.25) is 5.02 Å². The predicted octanol–water partition coefficient (Wildman–Crippen LogP) is 4.97. The first-order valence-electron chi connectivity index (χ1n) is 13.6. The smallest absolute Gasteiger partial charge is 0.253 e. The summed E-state index contributed by atoms with van der Waals surface area (Å²) in [6.45, 7) is 3.52. The summed E-state index contributed by atoms with van der Waals surface area (Å²) in [4.78, 5) is 22.1. The second-order valence-electron chi connectivity index (χ2n) is 11.1. The molecule has 7 nitrogen and oxygen atoms in total. The second kappa shape index (κ2) is 10.6. The minimum atomic E-state index is -3.61. The van der Waals surface area contributed by atoms with Crippen LogP contribution in [0.4, 0.5) is 5.69 Å². The Bertz CT molecular complexity index is 1470. The van der Waals surface area contributed by atoms with Crippen LogP contribution in [0.1, 0.15) is 58.8 Å². The Morgan fingerprint density at radius 1 is 1.03 bits per heavy atom. The van der Waals surface area contributed by atoms with E-state index in [4.69, 9.17) is 11.6 Å². The van der Waals surface area contributed by atoms with E-state index in [-0.39, 0.29) is 23.1 Å². The highest BCUT2D eigenvalue weighted by Crippen LogP contribution is 2.42. The number of nitrogens with one attached hydrogen (secondary N) is 1. The number of aryl methyl sites for hydroxylation is 1. The molecule has 39 heavy (non-hydrogen) atoms. The maximum absolute atomic E-state index is 13.6. The Morgan fingerprint density at radius 3 is 2.54 bits per heavy atom. The first-order valence-corrected chi connectivity index (χ1v) is 15.6. The van der Waals surface area contributed by atoms with E-state index < -0.39 is 10.0 Å². The minimum absolute atomic E-state index is 0.0378. The van der Waals surface area contributed by atoms with Crippen molar-refractivity contribution in [2.45, 2.75) is 43.9 Å². The van der Waals surface area contributed by atoms with Gasteiger partial charge in [-0.2, -0.15) is 0 Å². The number of sulfonamides is 1. The summed E-state index contributed by atoms with van der Waals surface area (Å²) < 4.78 is 28.8. The lowest BCUT2D eigenvalue weighted by atomic mass is 9.77. The summed E-state index contributed by atoms with van der Waals surface area (Å²) in [6.07, 6.45) is 8.29. The van der Waals surface area contributed by atoms with Crippen molar-refractivity contribution in [2.75, 3.05) is 31.1 Å². The molecule has 1 N–H and O–H groups in total. The summed E-state index contributed by atoms with van der Waals surface area (Å²) in [5.41, 5.74) is 4.59. The molecule has 0 radical (unpaired) electrons. The topological polar surface area (TPSA) is 82.6 Å². The highest BCUT2D eigenvalue weighted by atomic mass is 35.5. The Morgan fingerprint density at radius 2 is 1.77 bits per heavy atom. The molecule has 1 aromatic heterocycles. The average molecular weight is 565 g/mol. The zero-order chi connectivity index (χ0) is 27.0. The number of piperidine rings is 1. The van der Waals surface area contributed by atoms with Crippen LogP contribution in [0.15, 0.2) is 67.0 Å². The molecule has 2 fully saturated rings. The number of halogens is 1. The van der Waals surface area contributed by atoms with E-state index in [2.05, 4.69) is 26.7 Å². The number of rotatable bonds is 6. The van der Waals surface area contributed by atoms with Crippen molar-refractivity contribution in [1.82, 2.24) is 14.6 Å². The van der Waals surface area contributed by atoms with Gasteiger partial charge in [0.2, 0.25) is 10.0 Å². The number of fused-ring (bicyclic) bond motifs is 1. The average Bonchev–Trinajstić information content (AvgIpc) is 3.54. The quantitative estimate of drug-likeness (QED) is 0.457. The van der Waals surface area contributed by atoms with Crippen LogP contribution in [-0.4, -0.2) is 50.4 Å². The summed E-state index contributed by atoms with van der Waals surface area (Å²) in [5.74, 6) is -0.137. The number of carbonyl (C=O) groups is 1. The van der Waals surface area contributed by atoms with Crippen molar-refractivity contribution >= 4 is 33.2 Å². The number of likely N-dealkylation sites (tertiary alicyclic amines) is 1. The van der Waals surface area contributed by atoms with Crippen LogP contribution in [0, 0.1) is 5.41 Å². The van der Waals surface area contributed by atoms with E-state index in [1.807, 2.05) is 35.5 Å². The number of hydrogen-bond donors (Lipinski definition) is 1. The molecule has 1 amide bonds. The van der Waals surface area contributed by atoms with Crippen LogP contribution in [0.25, 0.3) is 0 Å². The maximum atomic E-state index is 13.6. The summed E-state index contributed by atoms with van der Waals surface area (Å²) >= 11 is 6.20. The molecule has 3 aliphatic rings. The van der Waals surface area contributed by atoms with Gasteiger partial charge in [-0.25, -0.2) is 13.1 Å². The van der Waals surface area contributed by atoms with E-state index >= 15 is 0 Å². The largest absolute Gasteiger partial charge is 0.371 e. The Kier molecular flexibility index (Phi) is 7.12. The zero-order valence-electron chi connectivity index (χ0n) is 21.9. The van der Waals surface area contributed by atoms with Gasteiger partial charge in [-0.05, 0) is 84.5 Å². The monoisotopic (exact) mass is 564 g/mol. The molecule has 3 heterocycles. The van der Waals surface area contributed by atoms with Gasteiger partial charge in [0.15, 0.2) is 0 Å². The normalized spacial score (nSPS) is 20.4. The van der Waals surface area contributed by atoms with Gasteiger partial charge in [-0.15, -0.1) is 0 Å². The van der Waals surface area contributed by atoms with Crippen molar-refractivity contribution < 1.29 is 13.2 Å². The standard InChI is InChI=1S/C30H33ClN4O3S/c31-27-4-2-1-3-24(27)20-39(37,38)33-28-8-7-22-5-6-23(19-26(22)28)29(36)35-18-13-30(21-35)11-16-34(17-12-30)25-9-14-32-15-10-25/h1-6,9-10,14-15,19,28,33H,7-8,11-13,16-18,20-21H2/t28-/m1/s1. The second-order valence-corrected chi connectivity index (χ2v) is 13.3. The lowest BCUT2D eigenvalue weighted by molar-refractivity contribution is 0.0764. The van der Waals surface area contributed by atoms with Gasteiger partial charge < -0.3 is 9.80 Å². The number of amides is 1. The highest BCUT2D eigenvalue weighted by molar-refractivity contribution is 7.88. The molecule has 1 spiro atoms. The lowest BCUT2D eigenvalue weighted by Gasteiger charge is -2.40. The van der Waals surface area contributed by atoms with E-state index in [9.17, 15) is 13.2 Å². The fourth-order valence-electron chi connectivity index (χ4n) is 6.43. The molecule has 6 rings (SSSR count). The van der Waals surface area contributed by atoms with E-state index in [0.29, 0.717) is 22.6 Å². The van der Waals surface area contributed by atoms with Gasteiger partial charge in [0, 0.05) is 60.9 Å². The first kappa shape index (κ1) is 26.3. The Hall–Kier alpha value is -2.94. The molecule has 0 saturated carbocycles. The van der Waals surface area contributed by atoms with Crippen molar-refractivity contribution in [3.63, 3.8) is 0 Å². The van der Waals surface area contributed by atoms with Gasteiger partial charge in [0.1, 0.15) is 0 Å². The van der Waals surface area contributed by atoms with E-state index in [0.717, 1.165) is 63.0 Å². The number of pyridine rings is 1. The Labute approximate surface area is 235 Å². The predicted molar refractivity (Wildman–Crippen MR) is 153 cm³/mol. The molecular weight excluding hydrogens is 532 g/mol. The third-order valence-electron chi connectivity index (χ3n) is 8.67. The number of benzene rings is 2. The number of aromatic nitrogens is 1.